The zero-order valence-electron chi connectivity index (χ0n) is 19.2. The SMILES string of the molecule is COc1ccccc1Oc1ccc(N2C[C@@H](C(=O)OCC(=O)Nc3ccc(Cl)c(Cl)c3)CC2=O)cc1. The van der Waals surface area contributed by atoms with Gasteiger partial charge in [-0.3, -0.25) is 14.4 Å². The highest BCUT2D eigenvalue weighted by molar-refractivity contribution is 6.42. The molecule has 36 heavy (non-hydrogen) atoms. The fourth-order valence-electron chi connectivity index (χ4n) is 3.66. The number of carbonyl (C=O) groups excluding carboxylic acids is 3. The Balaban J connectivity index is 1.30. The summed E-state index contributed by atoms with van der Waals surface area (Å²) in [6.07, 6.45) is -0.00723. The van der Waals surface area contributed by atoms with Gasteiger partial charge in [0.05, 0.1) is 23.1 Å². The number of esters is 1. The second kappa shape index (κ2) is 11.3. The fourth-order valence-corrected chi connectivity index (χ4v) is 3.96. The van der Waals surface area contributed by atoms with Crippen molar-refractivity contribution in [3.8, 4) is 17.2 Å². The van der Waals surface area contributed by atoms with Gasteiger partial charge in [0.15, 0.2) is 18.1 Å². The minimum atomic E-state index is -0.681. The maximum Gasteiger partial charge on any atom is 0.311 e. The molecule has 0 unspecified atom stereocenters. The third-order valence-electron chi connectivity index (χ3n) is 5.45. The molecule has 0 aliphatic carbocycles. The summed E-state index contributed by atoms with van der Waals surface area (Å²) in [4.78, 5) is 38.7. The molecule has 1 N–H and O–H groups in total. The Labute approximate surface area is 217 Å². The Hall–Kier alpha value is -3.75. The highest BCUT2D eigenvalue weighted by Crippen LogP contribution is 2.33. The smallest absolute Gasteiger partial charge is 0.311 e. The number of nitrogens with zero attached hydrogens (tertiary/aromatic N) is 1. The Morgan fingerprint density at radius 1 is 1.00 bits per heavy atom. The summed E-state index contributed by atoms with van der Waals surface area (Å²) in [5.74, 6) is -0.312. The molecule has 1 saturated heterocycles. The predicted molar refractivity (Wildman–Crippen MR) is 136 cm³/mol. The normalized spacial score (nSPS) is 14.9. The number of hydrogen-bond acceptors (Lipinski definition) is 6. The van der Waals surface area contributed by atoms with Gasteiger partial charge in [-0.15, -0.1) is 0 Å². The van der Waals surface area contributed by atoms with Crippen molar-refractivity contribution in [2.45, 2.75) is 6.42 Å². The average molecular weight is 529 g/mol. The minimum absolute atomic E-state index is 0.00723. The molecule has 3 aromatic carbocycles. The van der Waals surface area contributed by atoms with E-state index >= 15 is 0 Å². The first kappa shape index (κ1) is 25.3. The van der Waals surface area contributed by atoms with Gasteiger partial charge in [0.1, 0.15) is 5.75 Å². The zero-order valence-corrected chi connectivity index (χ0v) is 20.7. The number of nitrogens with one attached hydrogen (secondary N) is 1. The number of amides is 2. The second-order valence-corrected chi connectivity index (χ2v) is 8.75. The largest absolute Gasteiger partial charge is 0.493 e. The predicted octanol–water partition coefficient (Wildman–Crippen LogP) is 5.33. The Bertz CT molecular complexity index is 1280. The highest BCUT2D eigenvalue weighted by Gasteiger charge is 2.36. The Morgan fingerprint density at radius 2 is 1.72 bits per heavy atom. The maximum absolute atomic E-state index is 12.6. The summed E-state index contributed by atoms with van der Waals surface area (Å²) in [6, 6.07) is 18.8. The van der Waals surface area contributed by atoms with Crippen LogP contribution >= 0.6 is 23.2 Å². The van der Waals surface area contributed by atoms with Gasteiger partial charge in [-0.2, -0.15) is 0 Å². The van der Waals surface area contributed by atoms with Gasteiger partial charge in [-0.1, -0.05) is 35.3 Å². The van der Waals surface area contributed by atoms with Gasteiger partial charge in [0.25, 0.3) is 5.91 Å². The number of anilines is 2. The molecule has 0 aromatic heterocycles. The number of benzene rings is 3. The van der Waals surface area contributed by atoms with Crippen molar-refractivity contribution in [1.82, 2.24) is 0 Å². The van der Waals surface area contributed by atoms with E-state index in [1.807, 2.05) is 12.1 Å². The third kappa shape index (κ3) is 6.08. The van der Waals surface area contributed by atoms with Crippen LogP contribution in [0.25, 0.3) is 0 Å². The summed E-state index contributed by atoms with van der Waals surface area (Å²) in [5, 5.41) is 3.22. The van der Waals surface area contributed by atoms with Gasteiger partial charge >= 0.3 is 5.97 Å². The van der Waals surface area contributed by atoms with Crippen molar-refractivity contribution < 1.29 is 28.6 Å². The molecular formula is C26H22Cl2N2O6. The number of hydrogen-bond donors (Lipinski definition) is 1. The van der Waals surface area contributed by atoms with Crippen LogP contribution in [-0.4, -0.2) is 38.0 Å². The number of rotatable bonds is 8. The van der Waals surface area contributed by atoms with E-state index in [1.165, 1.54) is 11.0 Å². The van der Waals surface area contributed by atoms with Gasteiger partial charge in [-0.25, -0.2) is 0 Å². The molecule has 10 heteroatoms. The minimum Gasteiger partial charge on any atom is -0.493 e. The van der Waals surface area contributed by atoms with Crippen molar-refractivity contribution in [3.05, 3.63) is 76.8 Å². The lowest BCUT2D eigenvalue weighted by atomic mass is 10.1. The molecular weight excluding hydrogens is 507 g/mol. The van der Waals surface area contributed by atoms with Crippen molar-refractivity contribution in [2.75, 3.05) is 30.5 Å². The number of ether oxygens (including phenoxy) is 3. The molecule has 1 atom stereocenters. The monoisotopic (exact) mass is 528 g/mol. The molecule has 2 amide bonds. The standard InChI is InChI=1S/C26H22Cl2N2O6/c1-34-22-4-2-3-5-23(22)36-19-9-7-18(8-10-19)30-14-16(12-25(30)32)26(33)35-15-24(31)29-17-6-11-20(27)21(28)13-17/h2-11,13,16H,12,14-15H2,1H3,(H,29,31)/t16-/m0/s1. The summed E-state index contributed by atoms with van der Waals surface area (Å²) in [5.41, 5.74) is 1.05. The molecule has 1 aliphatic rings. The van der Waals surface area contributed by atoms with E-state index in [0.29, 0.717) is 33.6 Å². The second-order valence-electron chi connectivity index (χ2n) is 7.94. The first-order valence-corrected chi connectivity index (χ1v) is 11.7. The lowest BCUT2D eigenvalue weighted by Crippen LogP contribution is -2.28. The van der Waals surface area contributed by atoms with Crippen LogP contribution in [-0.2, 0) is 19.1 Å². The van der Waals surface area contributed by atoms with E-state index in [4.69, 9.17) is 37.4 Å². The van der Waals surface area contributed by atoms with Crippen LogP contribution in [0.5, 0.6) is 17.2 Å². The van der Waals surface area contributed by atoms with E-state index < -0.39 is 24.4 Å². The van der Waals surface area contributed by atoms with Crippen LogP contribution in [0.15, 0.2) is 66.7 Å². The molecule has 4 rings (SSSR count). The van der Waals surface area contributed by atoms with Gasteiger partial charge in [-0.05, 0) is 54.6 Å². The molecule has 0 spiro atoms. The van der Waals surface area contributed by atoms with E-state index in [0.717, 1.165) is 0 Å². The van der Waals surface area contributed by atoms with Crippen molar-refractivity contribution in [1.29, 1.82) is 0 Å². The molecule has 3 aromatic rings. The quantitative estimate of drug-likeness (QED) is 0.397. The van der Waals surface area contributed by atoms with Crippen LogP contribution < -0.4 is 19.7 Å². The number of para-hydroxylation sites is 2. The molecule has 1 aliphatic heterocycles. The lowest BCUT2D eigenvalue weighted by Gasteiger charge is -2.17. The molecule has 0 bridgehead atoms. The molecule has 1 fully saturated rings. The zero-order chi connectivity index (χ0) is 25.7. The van der Waals surface area contributed by atoms with Crippen LogP contribution in [0, 0.1) is 5.92 Å². The van der Waals surface area contributed by atoms with Crippen molar-refractivity contribution in [3.63, 3.8) is 0 Å². The van der Waals surface area contributed by atoms with E-state index in [1.54, 1.807) is 55.6 Å². The molecule has 8 nitrogen and oxygen atoms in total. The van der Waals surface area contributed by atoms with Crippen molar-refractivity contribution >= 4 is 52.4 Å². The van der Waals surface area contributed by atoms with Crippen LogP contribution in [0.4, 0.5) is 11.4 Å². The van der Waals surface area contributed by atoms with Crippen LogP contribution in [0.3, 0.4) is 0 Å². The van der Waals surface area contributed by atoms with Gasteiger partial charge < -0.3 is 24.4 Å². The molecule has 1 heterocycles. The molecule has 0 radical (unpaired) electrons. The van der Waals surface area contributed by atoms with Crippen LogP contribution in [0.1, 0.15) is 6.42 Å². The summed E-state index contributed by atoms with van der Waals surface area (Å²) >= 11 is 11.8. The van der Waals surface area contributed by atoms with Crippen molar-refractivity contribution in [2.24, 2.45) is 5.92 Å². The first-order chi connectivity index (χ1) is 17.3. The molecule has 0 saturated carbocycles. The number of halogens is 2. The van der Waals surface area contributed by atoms with E-state index in [9.17, 15) is 14.4 Å². The highest BCUT2D eigenvalue weighted by atomic mass is 35.5. The molecule has 186 valence electrons. The Morgan fingerprint density at radius 3 is 2.42 bits per heavy atom. The third-order valence-corrected chi connectivity index (χ3v) is 6.19. The van der Waals surface area contributed by atoms with E-state index in [2.05, 4.69) is 5.32 Å². The number of methoxy groups -OCH3 is 1. The summed E-state index contributed by atoms with van der Waals surface area (Å²) < 4.78 is 16.3. The summed E-state index contributed by atoms with van der Waals surface area (Å²) in [6.45, 7) is -0.336. The van der Waals surface area contributed by atoms with E-state index in [-0.39, 0.29) is 23.9 Å². The fraction of sp³-hybridized carbons (Fsp3) is 0.192. The lowest BCUT2D eigenvalue weighted by molar-refractivity contribution is -0.151. The maximum atomic E-state index is 12.6. The topological polar surface area (TPSA) is 94.2 Å². The van der Waals surface area contributed by atoms with Crippen LogP contribution in [0.2, 0.25) is 10.0 Å². The average Bonchev–Trinajstić information content (AvgIpc) is 3.27. The summed E-state index contributed by atoms with van der Waals surface area (Å²) in [7, 11) is 1.56. The van der Waals surface area contributed by atoms with Gasteiger partial charge in [0, 0.05) is 24.3 Å². The first-order valence-electron chi connectivity index (χ1n) is 11.0. The Kier molecular flexibility index (Phi) is 7.97. The van der Waals surface area contributed by atoms with Gasteiger partial charge in [0.2, 0.25) is 5.91 Å². The number of carbonyl (C=O) groups is 3.